The van der Waals surface area contributed by atoms with Crippen molar-refractivity contribution >= 4 is 0 Å². The molecule has 0 spiro atoms. The minimum absolute atomic E-state index is 0.117. The first-order valence-corrected chi connectivity index (χ1v) is 6.18. The summed E-state index contributed by atoms with van der Waals surface area (Å²) in [5.74, 6) is 0.440. The van der Waals surface area contributed by atoms with E-state index in [1.54, 1.807) is 7.11 Å². The molecule has 98 valence electrons. The summed E-state index contributed by atoms with van der Waals surface area (Å²) in [5, 5.41) is 12.2. The largest absolute Gasteiger partial charge is 0.396 e. The number of hydrogen-bond donors (Lipinski definition) is 3. The highest BCUT2D eigenvalue weighted by Gasteiger charge is 2.31. The Kier molecular flexibility index (Phi) is 8.84. The second-order valence-corrected chi connectivity index (χ2v) is 4.66. The topological polar surface area (TPSA) is 67.5 Å². The van der Waals surface area contributed by atoms with Gasteiger partial charge in [0, 0.05) is 20.3 Å². The third-order valence-electron chi connectivity index (χ3n) is 3.18. The highest BCUT2D eigenvalue weighted by Crippen LogP contribution is 2.16. The molecule has 0 radical (unpaired) electrons. The summed E-state index contributed by atoms with van der Waals surface area (Å²) >= 11 is 0. The average Bonchev–Trinajstić information content (AvgIpc) is 2.27. The van der Waals surface area contributed by atoms with Crippen molar-refractivity contribution in [1.82, 2.24) is 5.32 Å². The number of unbranched alkanes of at least 4 members (excludes halogenated alkanes) is 2. The summed E-state index contributed by atoms with van der Waals surface area (Å²) in [5.41, 5.74) is 5.74. The van der Waals surface area contributed by atoms with E-state index in [1.807, 2.05) is 0 Å². The summed E-state index contributed by atoms with van der Waals surface area (Å²) in [4.78, 5) is 0. The van der Waals surface area contributed by atoms with E-state index in [-0.39, 0.29) is 12.1 Å². The zero-order valence-corrected chi connectivity index (χ0v) is 11.0. The van der Waals surface area contributed by atoms with Crippen molar-refractivity contribution in [3.8, 4) is 0 Å². The Morgan fingerprint density at radius 1 is 1.31 bits per heavy atom. The summed E-state index contributed by atoms with van der Waals surface area (Å²) < 4.78 is 5.26. The van der Waals surface area contributed by atoms with Gasteiger partial charge >= 0.3 is 0 Å². The van der Waals surface area contributed by atoms with Crippen LogP contribution in [0.3, 0.4) is 0 Å². The average molecular weight is 232 g/mol. The molecule has 0 fully saturated rings. The van der Waals surface area contributed by atoms with Crippen LogP contribution in [0, 0.1) is 5.92 Å². The Labute approximate surface area is 99.6 Å². The van der Waals surface area contributed by atoms with Crippen molar-refractivity contribution in [3.63, 3.8) is 0 Å². The van der Waals surface area contributed by atoms with Crippen LogP contribution in [-0.2, 0) is 4.74 Å². The molecule has 4 N–H and O–H groups in total. The lowest BCUT2D eigenvalue weighted by atomic mass is 9.87. The standard InChI is InChI=1S/C12H28N2O2/c1-11(2)12(9-13,10-16-3)14-7-5-4-6-8-15/h11,14-15H,4-10,13H2,1-3H3. The third kappa shape index (κ3) is 5.25. The van der Waals surface area contributed by atoms with Crippen LogP contribution in [0.25, 0.3) is 0 Å². The summed E-state index contributed by atoms with van der Waals surface area (Å²) in [6, 6.07) is 0. The lowest BCUT2D eigenvalue weighted by Crippen LogP contribution is -2.58. The molecule has 0 rings (SSSR count). The van der Waals surface area contributed by atoms with E-state index in [0.717, 1.165) is 25.8 Å². The number of nitrogens with one attached hydrogen (secondary N) is 1. The smallest absolute Gasteiger partial charge is 0.0659 e. The Balaban J connectivity index is 4.00. The molecule has 0 aliphatic heterocycles. The van der Waals surface area contributed by atoms with Crippen molar-refractivity contribution in [1.29, 1.82) is 0 Å². The molecule has 0 aromatic carbocycles. The first-order chi connectivity index (χ1) is 7.63. The molecule has 16 heavy (non-hydrogen) atoms. The lowest BCUT2D eigenvalue weighted by Gasteiger charge is -2.37. The van der Waals surface area contributed by atoms with Gasteiger partial charge in [0.15, 0.2) is 0 Å². The van der Waals surface area contributed by atoms with Crippen molar-refractivity contribution in [2.24, 2.45) is 11.7 Å². The predicted octanol–water partition coefficient (Wildman–Crippen LogP) is 0.739. The molecular weight excluding hydrogens is 204 g/mol. The Morgan fingerprint density at radius 2 is 2.00 bits per heavy atom. The fourth-order valence-corrected chi connectivity index (χ4v) is 1.80. The molecule has 0 aliphatic rings. The maximum atomic E-state index is 8.68. The van der Waals surface area contributed by atoms with Crippen molar-refractivity contribution < 1.29 is 9.84 Å². The number of methoxy groups -OCH3 is 1. The first kappa shape index (κ1) is 15.8. The molecule has 1 unspecified atom stereocenters. The number of aliphatic hydroxyl groups is 1. The van der Waals surface area contributed by atoms with Crippen LogP contribution >= 0.6 is 0 Å². The molecular formula is C12H28N2O2. The van der Waals surface area contributed by atoms with E-state index in [4.69, 9.17) is 15.6 Å². The van der Waals surface area contributed by atoms with E-state index in [9.17, 15) is 0 Å². The van der Waals surface area contributed by atoms with E-state index in [0.29, 0.717) is 19.1 Å². The van der Waals surface area contributed by atoms with E-state index < -0.39 is 0 Å². The highest BCUT2D eigenvalue weighted by atomic mass is 16.5. The minimum Gasteiger partial charge on any atom is -0.396 e. The van der Waals surface area contributed by atoms with Gasteiger partial charge < -0.3 is 20.9 Å². The Morgan fingerprint density at radius 3 is 2.44 bits per heavy atom. The monoisotopic (exact) mass is 232 g/mol. The molecule has 0 saturated heterocycles. The fourth-order valence-electron chi connectivity index (χ4n) is 1.80. The van der Waals surface area contributed by atoms with Gasteiger partial charge in [-0.15, -0.1) is 0 Å². The van der Waals surface area contributed by atoms with Crippen LogP contribution < -0.4 is 11.1 Å². The molecule has 0 bridgehead atoms. The van der Waals surface area contributed by atoms with Crippen molar-refractivity contribution in [2.75, 3.05) is 33.4 Å². The van der Waals surface area contributed by atoms with Gasteiger partial charge in [-0.1, -0.05) is 13.8 Å². The van der Waals surface area contributed by atoms with Crippen LogP contribution in [0.1, 0.15) is 33.1 Å². The number of ether oxygens (including phenoxy) is 1. The third-order valence-corrected chi connectivity index (χ3v) is 3.18. The fraction of sp³-hybridized carbons (Fsp3) is 1.00. The first-order valence-electron chi connectivity index (χ1n) is 6.18. The Bertz CT molecular complexity index is 165. The van der Waals surface area contributed by atoms with Crippen LogP contribution in [0.4, 0.5) is 0 Å². The van der Waals surface area contributed by atoms with Gasteiger partial charge in [-0.3, -0.25) is 0 Å². The van der Waals surface area contributed by atoms with Gasteiger partial charge in [0.05, 0.1) is 12.1 Å². The van der Waals surface area contributed by atoms with E-state index in [2.05, 4.69) is 19.2 Å². The summed E-state index contributed by atoms with van der Waals surface area (Å²) in [6.07, 6.45) is 3.00. The second kappa shape index (κ2) is 8.93. The molecule has 0 heterocycles. The number of nitrogens with two attached hydrogens (primary N) is 1. The van der Waals surface area contributed by atoms with Gasteiger partial charge in [0.2, 0.25) is 0 Å². The quantitative estimate of drug-likeness (QED) is 0.486. The highest BCUT2D eigenvalue weighted by molar-refractivity contribution is 4.92. The number of rotatable bonds is 10. The van der Waals surface area contributed by atoms with Crippen LogP contribution in [0.15, 0.2) is 0 Å². The molecule has 0 aromatic heterocycles. The molecule has 4 heteroatoms. The van der Waals surface area contributed by atoms with Crippen LogP contribution in [0.5, 0.6) is 0 Å². The molecule has 4 nitrogen and oxygen atoms in total. The molecule has 0 aliphatic carbocycles. The van der Waals surface area contributed by atoms with Gasteiger partial charge in [0.1, 0.15) is 0 Å². The molecule has 0 saturated carbocycles. The SMILES string of the molecule is COCC(CN)(NCCCCCO)C(C)C. The zero-order chi connectivity index (χ0) is 12.4. The minimum atomic E-state index is -0.117. The van der Waals surface area contributed by atoms with E-state index in [1.165, 1.54) is 0 Å². The maximum Gasteiger partial charge on any atom is 0.0659 e. The predicted molar refractivity (Wildman–Crippen MR) is 67.4 cm³/mol. The molecule has 0 aromatic rings. The summed E-state index contributed by atoms with van der Waals surface area (Å²) in [6.45, 7) is 6.75. The van der Waals surface area contributed by atoms with Crippen LogP contribution in [0.2, 0.25) is 0 Å². The Hall–Kier alpha value is -0.160. The molecule has 0 amide bonds. The van der Waals surface area contributed by atoms with Gasteiger partial charge in [-0.05, 0) is 31.7 Å². The lowest BCUT2D eigenvalue weighted by molar-refractivity contribution is 0.0828. The number of aliphatic hydroxyl groups excluding tert-OH is 1. The van der Waals surface area contributed by atoms with Gasteiger partial charge in [-0.2, -0.15) is 0 Å². The van der Waals surface area contributed by atoms with Gasteiger partial charge in [0.25, 0.3) is 0 Å². The normalized spacial score (nSPS) is 15.4. The summed E-state index contributed by atoms with van der Waals surface area (Å²) in [7, 11) is 1.71. The van der Waals surface area contributed by atoms with Crippen LogP contribution in [-0.4, -0.2) is 44.1 Å². The maximum absolute atomic E-state index is 8.68. The molecule has 1 atom stereocenters. The number of hydrogen-bond acceptors (Lipinski definition) is 4. The van der Waals surface area contributed by atoms with Crippen molar-refractivity contribution in [2.45, 2.75) is 38.6 Å². The second-order valence-electron chi connectivity index (χ2n) is 4.66. The van der Waals surface area contributed by atoms with E-state index >= 15 is 0 Å². The zero-order valence-electron chi connectivity index (χ0n) is 11.0. The van der Waals surface area contributed by atoms with Crippen molar-refractivity contribution in [3.05, 3.63) is 0 Å². The van der Waals surface area contributed by atoms with Gasteiger partial charge in [-0.25, -0.2) is 0 Å².